The van der Waals surface area contributed by atoms with Crippen LogP contribution in [0.25, 0.3) is 0 Å². The highest BCUT2D eigenvalue weighted by Gasteiger charge is 2.40. The summed E-state index contributed by atoms with van der Waals surface area (Å²) < 4.78 is 5.29. The Kier molecular flexibility index (Phi) is 3.91. The highest BCUT2D eigenvalue weighted by Crippen LogP contribution is 2.41. The van der Waals surface area contributed by atoms with Crippen molar-refractivity contribution in [3.05, 3.63) is 0 Å². The van der Waals surface area contributed by atoms with E-state index >= 15 is 0 Å². The molecular formula is C14H22N2O2. The number of hydrogen-bond acceptors (Lipinski definition) is 3. The van der Waals surface area contributed by atoms with Gasteiger partial charge in [0.2, 0.25) is 5.91 Å². The highest BCUT2D eigenvalue weighted by atomic mass is 16.5. The van der Waals surface area contributed by atoms with Crippen LogP contribution in [0.3, 0.4) is 0 Å². The van der Waals surface area contributed by atoms with E-state index in [1.54, 1.807) is 0 Å². The molecule has 1 aliphatic carbocycles. The third kappa shape index (κ3) is 2.67. The molecule has 4 heteroatoms. The minimum Gasteiger partial charge on any atom is -0.360 e. The second kappa shape index (κ2) is 5.27. The van der Waals surface area contributed by atoms with Crippen LogP contribution in [0.5, 0.6) is 0 Å². The smallest absolute Gasteiger partial charge is 0.226 e. The predicted molar refractivity (Wildman–Crippen MR) is 67.7 cm³/mol. The van der Waals surface area contributed by atoms with Crippen molar-refractivity contribution in [2.45, 2.75) is 45.6 Å². The summed E-state index contributed by atoms with van der Waals surface area (Å²) in [4.78, 5) is 14.4. The molecule has 0 spiro atoms. The van der Waals surface area contributed by atoms with Crippen LogP contribution >= 0.6 is 0 Å². The van der Waals surface area contributed by atoms with Crippen LogP contribution in [-0.4, -0.2) is 36.6 Å². The molecule has 2 rings (SSSR count). The molecule has 2 fully saturated rings. The van der Waals surface area contributed by atoms with E-state index in [1.165, 1.54) is 6.42 Å². The largest absolute Gasteiger partial charge is 0.360 e. The van der Waals surface area contributed by atoms with Gasteiger partial charge in [-0.1, -0.05) is 26.7 Å². The molecule has 100 valence electrons. The summed E-state index contributed by atoms with van der Waals surface area (Å²) in [6, 6.07) is 2.10. The van der Waals surface area contributed by atoms with Gasteiger partial charge < -0.3 is 9.64 Å². The lowest BCUT2D eigenvalue weighted by Gasteiger charge is -2.41. The van der Waals surface area contributed by atoms with Crippen molar-refractivity contribution < 1.29 is 9.53 Å². The van der Waals surface area contributed by atoms with Crippen LogP contribution in [-0.2, 0) is 9.53 Å². The summed E-state index contributed by atoms with van der Waals surface area (Å²) >= 11 is 0. The summed E-state index contributed by atoms with van der Waals surface area (Å²) in [5, 5.41) is 8.89. The number of carbonyl (C=O) groups excluding carboxylic acids is 1. The summed E-state index contributed by atoms with van der Waals surface area (Å²) in [5.41, 5.74) is 0.0930. The Labute approximate surface area is 109 Å². The lowest BCUT2D eigenvalue weighted by atomic mass is 9.68. The third-order valence-electron chi connectivity index (χ3n) is 4.33. The third-order valence-corrected chi connectivity index (χ3v) is 4.33. The van der Waals surface area contributed by atoms with E-state index < -0.39 is 6.10 Å². The van der Waals surface area contributed by atoms with E-state index in [0.717, 1.165) is 19.3 Å². The summed E-state index contributed by atoms with van der Waals surface area (Å²) in [5.74, 6) is 0.340. The molecule has 0 aromatic heterocycles. The molecule has 0 aromatic rings. The molecule has 2 atom stereocenters. The number of hydrogen-bond donors (Lipinski definition) is 0. The molecule has 0 bridgehead atoms. The van der Waals surface area contributed by atoms with E-state index in [9.17, 15) is 4.79 Å². The average Bonchev–Trinajstić information content (AvgIpc) is 2.37. The number of ether oxygens (including phenoxy) is 1. The number of nitriles is 1. The SMILES string of the molecule is CC1(C)CCCCC1C(=O)N1CCOC(C#N)C1. The zero-order chi connectivity index (χ0) is 13.2. The molecular weight excluding hydrogens is 228 g/mol. The van der Waals surface area contributed by atoms with E-state index in [2.05, 4.69) is 19.9 Å². The Balaban J connectivity index is 2.04. The van der Waals surface area contributed by atoms with Gasteiger partial charge in [0.1, 0.15) is 0 Å². The van der Waals surface area contributed by atoms with Gasteiger partial charge >= 0.3 is 0 Å². The molecule has 1 aliphatic heterocycles. The van der Waals surface area contributed by atoms with Gasteiger partial charge in [0, 0.05) is 12.5 Å². The second-order valence-corrected chi connectivity index (χ2v) is 6.06. The first kappa shape index (κ1) is 13.4. The Morgan fingerprint density at radius 1 is 1.44 bits per heavy atom. The van der Waals surface area contributed by atoms with Crippen molar-refractivity contribution in [2.75, 3.05) is 19.7 Å². The zero-order valence-corrected chi connectivity index (χ0v) is 11.3. The minimum absolute atomic E-state index is 0.0930. The standard InChI is InChI=1S/C14H22N2O2/c1-14(2)6-4-3-5-12(14)13(17)16-7-8-18-11(9-15)10-16/h11-12H,3-8,10H2,1-2H3. The molecule has 0 radical (unpaired) electrons. The van der Waals surface area contributed by atoms with Gasteiger partial charge in [0.05, 0.1) is 19.2 Å². The number of nitrogens with zero attached hydrogens (tertiary/aromatic N) is 2. The van der Waals surface area contributed by atoms with Gasteiger partial charge in [-0.15, -0.1) is 0 Å². The zero-order valence-electron chi connectivity index (χ0n) is 11.3. The summed E-state index contributed by atoms with van der Waals surface area (Å²) in [7, 11) is 0. The van der Waals surface area contributed by atoms with Crippen LogP contribution in [0.15, 0.2) is 0 Å². The lowest BCUT2D eigenvalue weighted by molar-refractivity contribution is -0.147. The van der Waals surface area contributed by atoms with Crippen LogP contribution in [0, 0.1) is 22.7 Å². The van der Waals surface area contributed by atoms with Crippen molar-refractivity contribution in [3.8, 4) is 6.07 Å². The lowest BCUT2D eigenvalue weighted by Crippen LogP contribution is -2.50. The highest BCUT2D eigenvalue weighted by molar-refractivity contribution is 5.80. The van der Waals surface area contributed by atoms with Crippen molar-refractivity contribution in [1.82, 2.24) is 4.90 Å². The molecule has 0 aromatic carbocycles. The Morgan fingerprint density at radius 3 is 2.89 bits per heavy atom. The molecule has 2 unspecified atom stereocenters. The Morgan fingerprint density at radius 2 is 2.22 bits per heavy atom. The molecule has 2 aliphatic rings. The topological polar surface area (TPSA) is 53.3 Å². The fraction of sp³-hybridized carbons (Fsp3) is 0.857. The van der Waals surface area contributed by atoms with Crippen LogP contribution < -0.4 is 0 Å². The minimum atomic E-state index is -0.450. The monoisotopic (exact) mass is 250 g/mol. The first-order chi connectivity index (χ1) is 8.54. The van der Waals surface area contributed by atoms with Crippen molar-refractivity contribution in [2.24, 2.45) is 11.3 Å². The van der Waals surface area contributed by atoms with E-state index in [0.29, 0.717) is 19.7 Å². The molecule has 1 amide bonds. The van der Waals surface area contributed by atoms with Gasteiger partial charge in [-0.25, -0.2) is 0 Å². The van der Waals surface area contributed by atoms with Crippen LogP contribution in [0.1, 0.15) is 39.5 Å². The molecule has 1 heterocycles. The number of carbonyl (C=O) groups is 1. The quantitative estimate of drug-likeness (QED) is 0.714. The van der Waals surface area contributed by atoms with Crippen molar-refractivity contribution in [1.29, 1.82) is 5.26 Å². The fourth-order valence-corrected chi connectivity index (χ4v) is 3.10. The van der Waals surface area contributed by atoms with Gasteiger partial charge in [0.25, 0.3) is 0 Å². The molecule has 1 saturated heterocycles. The molecule has 4 nitrogen and oxygen atoms in total. The molecule has 18 heavy (non-hydrogen) atoms. The fourth-order valence-electron chi connectivity index (χ4n) is 3.10. The average molecular weight is 250 g/mol. The van der Waals surface area contributed by atoms with Gasteiger partial charge in [-0.05, 0) is 18.3 Å². The Hall–Kier alpha value is -1.08. The number of amides is 1. The number of rotatable bonds is 1. The normalized spacial score (nSPS) is 31.7. The van der Waals surface area contributed by atoms with Gasteiger partial charge in [-0.3, -0.25) is 4.79 Å². The maximum Gasteiger partial charge on any atom is 0.226 e. The van der Waals surface area contributed by atoms with Crippen molar-refractivity contribution in [3.63, 3.8) is 0 Å². The summed E-state index contributed by atoms with van der Waals surface area (Å²) in [6.45, 7) is 5.93. The number of morpholine rings is 1. The van der Waals surface area contributed by atoms with Gasteiger partial charge in [0.15, 0.2) is 6.10 Å². The predicted octanol–water partition coefficient (Wildman–Crippen LogP) is 1.95. The van der Waals surface area contributed by atoms with E-state index in [1.807, 2.05) is 4.90 Å². The summed E-state index contributed by atoms with van der Waals surface area (Å²) in [6.07, 6.45) is 4.02. The van der Waals surface area contributed by atoms with Crippen molar-refractivity contribution >= 4 is 5.91 Å². The maximum absolute atomic E-state index is 12.6. The maximum atomic E-state index is 12.6. The van der Waals surface area contributed by atoms with Crippen LogP contribution in [0.2, 0.25) is 0 Å². The Bertz CT molecular complexity index is 359. The van der Waals surface area contributed by atoms with Crippen LogP contribution in [0.4, 0.5) is 0 Å². The van der Waals surface area contributed by atoms with E-state index in [4.69, 9.17) is 10.00 Å². The molecule has 1 saturated carbocycles. The first-order valence-corrected chi connectivity index (χ1v) is 6.84. The molecule has 0 N–H and O–H groups in total. The van der Waals surface area contributed by atoms with E-state index in [-0.39, 0.29) is 17.2 Å². The van der Waals surface area contributed by atoms with Gasteiger partial charge in [-0.2, -0.15) is 5.26 Å². The second-order valence-electron chi connectivity index (χ2n) is 6.06. The first-order valence-electron chi connectivity index (χ1n) is 6.84.